The highest BCUT2D eigenvalue weighted by molar-refractivity contribution is 6.15. The number of nitrogens with zero attached hydrogens (tertiary/aromatic N) is 6. The van der Waals surface area contributed by atoms with Crippen molar-refractivity contribution in [2.24, 2.45) is 0 Å². The van der Waals surface area contributed by atoms with Gasteiger partial charge in [-0.3, -0.25) is 19.9 Å². The van der Waals surface area contributed by atoms with Gasteiger partial charge < -0.3 is 9.13 Å². The largest absolute Gasteiger partial charge is 0.416 e. The Morgan fingerprint density at radius 3 is 0.815 bits per heavy atom. The highest BCUT2D eigenvalue weighted by atomic mass is 19.4. The van der Waals surface area contributed by atoms with Gasteiger partial charge >= 0.3 is 6.18 Å². The topological polar surface area (TPSA) is 61.4 Å². The van der Waals surface area contributed by atoms with Gasteiger partial charge in [0.05, 0.1) is 61.8 Å². The Morgan fingerprint density at radius 1 is 0.261 bits per heavy atom. The van der Waals surface area contributed by atoms with E-state index in [2.05, 4.69) is 0 Å². The van der Waals surface area contributed by atoms with E-state index >= 15 is 22.0 Å². The van der Waals surface area contributed by atoms with Gasteiger partial charge in [-0.1, -0.05) is 194 Å². The minimum atomic E-state index is -4.97. The molecule has 6 aromatic heterocycles. The molecule has 10 aromatic carbocycles. The molecule has 0 fully saturated rings. The fraction of sp³-hybridized carbons (Fsp3) is 0.0123. The van der Waals surface area contributed by atoms with E-state index in [4.69, 9.17) is 19.9 Å². The van der Waals surface area contributed by atoms with Crippen LogP contribution in [-0.2, 0) is 6.18 Å². The molecule has 6 heterocycles. The zero-order chi connectivity index (χ0) is 62.0. The van der Waals surface area contributed by atoms with Crippen molar-refractivity contribution in [3.05, 3.63) is 315 Å². The minimum absolute atomic E-state index is 0.000311. The first-order valence-corrected chi connectivity index (χ1v) is 30.0. The normalized spacial score (nSPS) is 11.8. The fourth-order valence-electron chi connectivity index (χ4n) is 13.2. The zero-order valence-electron chi connectivity index (χ0n) is 48.9. The number of rotatable bonds is 11. The van der Waals surface area contributed by atoms with Crippen LogP contribution < -0.4 is 0 Å². The minimum Gasteiger partial charge on any atom is -0.308 e. The van der Waals surface area contributed by atoms with Crippen LogP contribution in [0.15, 0.2) is 298 Å². The van der Waals surface area contributed by atoms with E-state index in [1.807, 2.05) is 252 Å². The van der Waals surface area contributed by atoms with Gasteiger partial charge in [-0.05, 0) is 101 Å². The van der Waals surface area contributed by atoms with E-state index in [1.54, 1.807) is 24.8 Å². The van der Waals surface area contributed by atoms with Gasteiger partial charge in [-0.15, -0.1) is 0 Å². The summed E-state index contributed by atoms with van der Waals surface area (Å²) < 4.78 is 87.0. The molecule has 0 saturated heterocycles. The molecule has 0 aliphatic rings. The highest BCUT2D eigenvalue weighted by Gasteiger charge is 2.35. The van der Waals surface area contributed by atoms with Crippen LogP contribution in [0.5, 0.6) is 0 Å². The molecule has 11 heteroatoms. The molecule has 0 N–H and O–H groups in total. The van der Waals surface area contributed by atoms with Crippen LogP contribution in [0.25, 0.3) is 156 Å². The lowest BCUT2D eigenvalue weighted by Gasteiger charge is -2.23. The summed E-state index contributed by atoms with van der Waals surface area (Å²) in [7, 11) is 0. The van der Waals surface area contributed by atoms with Crippen molar-refractivity contribution >= 4 is 43.6 Å². The number of aromatic nitrogens is 6. The second-order valence-corrected chi connectivity index (χ2v) is 22.7. The van der Waals surface area contributed by atoms with Gasteiger partial charge in [0.25, 0.3) is 0 Å². The first kappa shape index (κ1) is 55.4. The lowest BCUT2D eigenvalue weighted by Crippen LogP contribution is -2.11. The van der Waals surface area contributed by atoms with Crippen LogP contribution in [-0.4, -0.2) is 29.1 Å². The summed E-state index contributed by atoms with van der Waals surface area (Å²) in [6.07, 6.45) is 1.96. The van der Waals surface area contributed by atoms with Crippen molar-refractivity contribution in [1.82, 2.24) is 29.1 Å². The molecule has 0 aliphatic heterocycles. The summed E-state index contributed by atoms with van der Waals surface area (Å²) >= 11 is 0. The predicted octanol–water partition coefficient (Wildman–Crippen LogP) is 21.8. The van der Waals surface area contributed by atoms with Gasteiger partial charge in [-0.2, -0.15) is 13.2 Å². The van der Waals surface area contributed by atoms with Gasteiger partial charge in [-0.25, -0.2) is 8.78 Å². The number of pyridine rings is 4. The third-order valence-electron chi connectivity index (χ3n) is 17.3. The number of hydrogen-bond donors (Lipinski definition) is 0. The van der Waals surface area contributed by atoms with Crippen LogP contribution in [0.1, 0.15) is 5.56 Å². The quantitative estimate of drug-likeness (QED) is 0.121. The molecule has 0 saturated carbocycles. The number of halogens is 5. The fourth-order valence-corrected chi connectivity index (χ4v) is 13.2. The molecule has 0 bridgehead atoms. The van der Waals surface area contributed by atoms with Crippen molar-refractivity contribution < 1.29 is 22.0 Å². The maximum atomic E-state index is 16.7. The SMILES string of the molecule is Fc1cc(F)cc(-c2c(-n3c4cc(-c5cccnc5-c5ccccc5)ccc4c4ccc(-c5cccnc5-c5ccccc5)cc43)cc(C(F)(F)F)cc2-n2c3cc(-c4cccnc4-c4ccccc4)ccc3c3ccc(-c4cccnc4-c4ccccc4)cc32)c1. The summed E-state index contributed by atoms with van der Waals surface area (Å²) in [6.45, 7) is 0. The average molecular weight is 1200 g/mol. The van der Waals surface area contributed by atoms with E-state index in [0.717, 1.165) is 85.0 Å². The van der Waals surface area contributed by atoms with E-state index in [0.29, 0.717) is 66.4 Å². The summed E-state index contributed by atoms with van der Waals surface area (Å²) in [6, 6.07) is 83.8. The maximum Gasteiger partial charge on any atom is 0.416 e. The van der Waals surface area contributed by atoms with Crippen molar-refractivity contribution in [1.29, 1.82) is 0 Å². The first-order valence-electron chi connectivity index (χ1n) is 30.0. The molecular formula is C81H49F5N6. The standard InChI is InChI=1S/C81H49F5N6/c82-60-41-58(42-61(83)49-60)76-74(91-70-43-54(62-25-13-37-87-77(62)50-17-5-1-6-18-50)29-33-66(70)67-34-30-55(44-71(67)91)63-26-14-38-88-78(63)51-19-7-2-8-20-51)47-59(81(84,85)86)48-75(76)92-72-45-56(64-27-15-39-89-79(64)52-21-9-3-10-22-52)31-35-68(72)69-36-32-57(46-73(69)92)65-28-16-40-90-80(65)53-23-11-4-12-24-53/h1-49H. The van der Waals surface area contributed by atoms with Crippen LogP contribution in [0.3, 0.4) is 0 Å². The van der Waals surface area contributed by atoms with Gasteiger partial charge in [0, 0.05) is 102 Å². The van der Waals surface area contributed by atoms with Crippen molar-refractivity contribution in [3.63, 3.8) is 0 Å². The molecule has 0 radical (unpaired) electrons. The highest BCUT2D eigenvalue weighted by Crippen LogP contribution is 2.49. The summed E-state index contributed by atoms with van der Waals surface area (Å²) in [4.78, 5) is 19.5. The average Bonchev–Trinajstić information content (AvgIpc) is 1.54. The maximum absolute atomic E-state index is 16.7. The molecule has 0 unspecified atom stereocenters. The Balaban J connectivity index is 1.06. The van der Waals surface area contributed by atoms with Crippen molar-refractivity contribution in [3.8, 4) is 112 Å². The predicted molar refractivity (Wildman–Crippen MR) is 360 cm³/mol. The molecule has 0 spiro atoms. The molecular weight excluding hydrogens is 1150 g/mol. The molecule has 0 amide bonds. The zero-order valence-corrected chi connectivity index (χ0v) is 48.9. The molecule has 16 rings (SSSR count). The molecule has 16 aromatic rings. The Morgan fingerprint density at radius 2 is 0.543 bits per heavy atom. The second-order valence-electron chi connectivity index (χ2n) is 22.7. The second kappa shape index (κ2) is 22.6. The Kier molecular flexibility index (Phi) is 13.6. The summed E-state index contributed by atoms with van der Waals surface area (Å²) in [5.74, 6) is -1.83. The van der Waals surface area contributed by atoms with Gasteiger partial charge in [0.1, 0.15) is 11.6 Å². The van der Waals surface area contributed by atoms with Crippen LogP contribution in [0.4, 0.5) is 22.0 Å². The first-order chi connectivity index (χ1) is 45.1. The van der Waals surface area contributed by atoms with Crippen molar-refractivity contribution in [2.75, 3.05) is 0 Å². The van der Waals surface area contributed by atoms with E-state index < -0.39 is 23.4 Å². The van der Waals surface area contributed by atoms with Crippen LogP contribution in [0.2, 0.25) is 0 Å². The number of alkyl halides is 3. The third kappa shape index (κ3) is 9.75. The Bertz CT molecular complexity index is 4920. The van der Waals surface area contributed by atoms with E-state index in [-0.39, 0.29) is 22.5 Å². The van der Waals surface area contributed by atoms with Gasteiger partial charge in [0.15, 0.2) is 0 Å². The Hall–Kier alpha value is -12.0. The van der Waals surface area contributed by atoms with Gasteiger partial charge in [0.2, 0.25) is 0 Å². The molecule has 0 aliphatic carbocycles. The monoisotopic (exact) mass is 1200 g/mol. The van der Waals surface area contributed by atoms with Crippen LogP contribution in [0, 0.1) is 11.6 Å². The van der Waals surface area contributed by atoms with E-state index in [1.165, 1.54) is 12.1 Å². The molecule has 0 atom stereocenters. The Labute approximate surface area is 525 Å². The number of fused-ring (bicyclic) bond motifs is 6. The van der Waals surface area contributed by atoms with Crippen LogP contribution >= 0.6 is 0 Å². The molecule has 438 valence electrons. The molecule has 92 heavy (non-hydrogen) atoms. The summed E-state index contributed by atoms with van der Waals surface area (Å²) in [5.41, 5.74) is 13.6. The summed E-state index contributed by atoms with van der Waals surface area (Å²) in [5, 5.41) is 2.86. The lowest BCUT2D eigenvalue weighted by molar-refractivity contribution is -0.137. The number of benzene rings is 10. The third-order valence-corrected chi connectivity index (χ3v) is 17.3. The lowest BCUT2D eigenvalue weighted by atomic mass is 9.96. The molecule has 6 nitrogen and oxygen atoms in total. The van der Waals surface area contributed by atoms with Crippen molar-refractivity contribution in [2.45, 2.75) is 6.18 Å². The van der Waals surface area contributed by atoms with E-state index in [9.17, 15) is 0 Å². The smallest absolute Gasteiger partial charge is 0.308 e. The number of hydrogen-bond acceptors (Lipinski definition) is 4.